The van der Waals surface area contributed by atoms with Gasteiger partial charge in [-0.3, -0.25) is 0 Å². The van der Waals surface area contributed by atoms with Gasteiger partial charge in [0.25, 0.3) is 0 Å². The fourth-order valence-electron chi connectivity index (χ4n) is 2.46. The van der Waals surface area contributed by atoms with E-state index in [1.54, 1.807) is 18.0 Å². The Morgan fingerprint density at radius 1 is 1.19 bits per heavy atom. The van der Waals surface area contributed by atoms with Crippen molar-refractivity contribution < 1.29 is 9.47 Å². The van der Waals surface area contributed by atoms with Crippen molar-refractivity contribution in [3.63, 3.8) is 0 Å². The normalized spacial score (nSPS) is 11.2. The number of ether oxygens (including phenoxy) is 2. The molecule has 1 N–H and O–H groups in total. The summed E-state index contributed by atoms with van der Waals surface area (Å²) in [4.78, 5) is 0. The molecule has 3 aromatic rings. The molecule has 1 heterocycles. The fourth-order valence-corrected chi connectivity index (χ4v) is 2.64. The van der Waals surface area contributed by atoms with E-state index in [1.165, 1.54) is 0 Å². The number of para-hydroxylation sites is 1. The largest absolute Gasteiger partial charge is 0.496 e. The van der Waals surface area contributed by atoms with Crippen molar-refractivity contribution >= 4 is 18.4 Å². The predicted octanol–water partition coefficient (Wildman–Crippen LogP) is 4.29. The summed E-state index contributed by atoms with van der Waals surface area (Å²) < 4.78 is 13.1. The average Bonchev–Trinajstić information content (AvgIpc) is 3.00. The summed E-state index contributed by atoms with van der Waals surface area (Å²) in [5.41, 5.74) is 1.70. The summed E-state index contributed by atoms with van der Waals surface area (Å²) in [7, 11) is 1.63. The maximum Gasteiger partial charge on any atom is 0.216 e. The van der Waals surface area contributed by atoms with Crippen LogP contribution >= 0.6 is 12.2 Å². The van der Waals surface area contributed by atoms with Crippen molar-refractivity contribution in [1.82, 2.24) is 14.9 Å². The molecule has 0 aliphatic carbocycles. The molecule has 0 saturated heterocycles. The molecule has 0 fully saturated rings. The third kappa shape index (κ3) is 4.00. The minimum Gasteiger partial charge on any atom is -0.496 e. The number of nitrogens with one attached hydrogen (secondary N) is 1. The second-order valence-electron chi connectivity index (χ2n) is 5.85. The molecule has 3 rings (SSSR count). The molecule has 0 saturated carbocycles. The molecule has 0 bridgehead atoms. The average molecular weight is 368 g/mol. The van der Waals surface area contributed by atoms with Gasteiger partial charge in [0, 0.05) is 11.1 Å². The van der Waals surface area contributed by atoms with Crippen LogP contribution in [0.3, 0.4) is 0 Å². The van der Waals surface area contributed by atoms with Gasteiger partial charge in [0.05, 0.1) is 19.4 Å². The lowest BCUT2D eigenvalue weighted by atomic mass is 10.2. The minimum atomic E-state index is 0.0923. The highest BCUT2D eigenvalue weighted by Gasteiger charge is 2.10. The SMILES string of the molecule is COc1ccccc1C=Nn1c(-c2cccc(OC(C)C)c2)n[nH]c1=S. The summed E-state index contributed by atoms with van der Waals surface area (Å²) in [5.74, 6) is 2.11. The van der Waals surface area contributed by atoms with E-state index in [9.17, 15) is 0 Å². The third-order valence-electron chi connectivity index (χ3n) is 3.57. The zero-order valence-electron chi connectivity index (χ0n) is 14.8. The summed E-state index contributed by atoms with van der Waals surface area (Å²) in [6.45, 7) is 3.97. The monoisotopic (exact) mass is 368 g/mol. The Morgan fingerprint density at radius 3 is 2.77 bits per heavy atom. The van der Waals surface area contributed by atoms with Crippen LogP contribution in [0.4, 0.5) is 0 Å². The van der Waals surface area contributed by atoms with Crippen LogP contribution in [-0.2, 0) is 0 Å². The number of benzene rings is 2. The number of rotatable bonds is 6. The molecule has 7 heteroatoms. The number of hydrogen-bond acceptors (Lipinski definition) is 5. The second kappa shape index (κ2) is 7.97. The Balaban J connectivity index is 1.97. The lowest BCUT2D eigenvalue weighted by Crippen LogP contribution is -2.05. The van der Waals surface area contributed by atoms with Crippen LogP contribution in [-0.4, -0.2) is 34.3 Å². The van der Waals surface area contributed by atoms with Gasteiger partial charge in [0.1, 0.15) is 11.5 Å². The first-order chi connectivity index (χ1) is 12.6. The molecule has 0 atom stereocenters. The van der Waals surface area contributed by atoms with Gasteiger partial charge >= 0.3 is 0 Å². The minimum absolute atomic E-state index is 0.0923. The van der Waals surface area contributed by atoms with Crippen LogP contribution in [0.2, 0.25) is 0 Å². The van der Waals surface area contributed by atoms with E-state index in [0.29, 0.717) is 10.6 Å². The van der Waals surface area contributed by atoms with E-state index in [0.717, 1.165) is 22.6 Å². The van der Waals surface area contributed by atoms with Gasteiger partial charge < -0.3 is 9.47 Å². The highest BCUT2D eigenvalue weighted by molar-refractivity contribution is 7.71. The van der Waals surface area contributed by atoms with Crippen molar-refractivity contribution in [3.8, 4) is 22.9 Å². The van der Waals surface area contributed by atoms with Gasteiger partial charge in [-0.2, -0.15) is 14.9 Å². The van der Waals surface area contributed by atoms with Gasteiger partial charge in [0.2, 0.25) is 4.77 Å². The van der Waals surface area contributed by atoms with Gasteiger partial charge in [-0.15, -0.1) is 0 Å². The molecular weight excluding hydrogens is 348 g/mol. The Hall–Kier alpha value is -2.93. The second-order valence-corrected chi connectivity index (χ2v) is 6.23. The molecule has 2 aromatic carbocycles. The Morgan fingerprint density at radius 2 is 2.00 bits per heavy atom. The summed E-state index contributed by atoms with van der Waals surface area (Å²) >= 11 is 5.32. The van der Waals surface area contributed by atoms with Gasteiger partial charge in [-0.05, 0) is 50.3 Å². The molecule has 0 radical (unpaired) electrons. The highest BCUT2D eigenvalue weighted by Crippen LogP contribution is 2.23. The van der Waals surface area contributed by atoms with Crippen LogP contribution in [0.5, 0.6) is 11.5 Å². The van der Waals surface area contributed by atoms with E-state index in [1.807, 2.05) is 62.4 Å². The van der Waals surface area contributed by atoms with Crippen molar-refractivity contribution in [2.75, 3.05) is 7.11 Å². The number of hydrogen-bond donors (Lipinski definition) is 1. The Kier molecular flexibility index (Phi) is 5.48. The quantitative estimate of drug-likeness (QED) is 0.521. The maximum absolute atomic E-state index is 5.75. The molecule has 6 nitrogen and oxygen atoms in total. The first-order valence-corrected chi connectivity index (χ1v) is 8.61. The molecule has 0 amide bonds. The van der Waals surface area contributed by atoms with E-state index in [4.69, 9.17) is 21.7 Å². The Bertz CT molecular complexity index is 975. The summed E-state index contributed by atoms with van der Waals surface area (Å²) in [6, 6.07) is 15.3. The number of aromatic amines is 1. The van der Waals surface area contributed by atoms with Crippen LogP contribution in [0.1, 0.15) is 19.4 Å². The first-order valence-electron chi connectivity index (χ1n) is 8.20. The van der Waals surface area contributed by atoms with Crippen LogP contribution in [0, 0.1) is 4.77 Å². The van der Waals surface area contributed by atoms with E-state index >= 15 is 0 Å². The Labute approximate surface area is 157 Å². The lowest BCUT2D eigenvalue weighted by Gasteiger charge is -2.10. The molecule has 0 spiro atoms. The first kappa shape index (κ1) is 17.9. The maximum atomic E-state index is 5.75. The van der Waals surface area contributed by atoms with Crippen LogP contribution in [0.15, 0.2) is 53.6 Å². The number of nitrogens with zero attached hydrogens (tertiary/aromatic N) is 3. The van der Waals surface area contributed by atoms with Gasteiger partial charge in [0.15, 0.2) is 5.82 Å². The van der Waals surface area contributed by atoms with Gasteiger partial charge in [-0.1, -0.05) is 24.3 Å². The molecule has 134 valence electrons. The van der Waals surface area contributed by atoms with E-state index < -0.39 is 0 Å². The zero-order chi connectivity index (χ0) is 18.5. The van der Waals surface area contributed by atoms with Gasteiger partial charge in [-0.25, -0.2) is 5.10 Å². The molecule has 0 unspecified atom stereocenters. The van der Waals surface area contributed by atoms with E-state index in [-0.39, 0.29) is 6.10 Å². The molecule has 26 heavy (non-hydrogen) atoms. The number of methoxy groups -OCH3 is 1. The van der Waals surface area contributed by atoms with Crippen molar-refractivity contribution in [3.05, 3.63) is 58.9 Å². The van der Waals surface area contributed by atoms with Crippen LogP contribution < -0.4 is 9.47 Å². The van der Waals surface area contributed by atoms with Crippen molar-refractivity contribution in [1.29, 1.82) is 0 Å². The molecule has 0 aliphatic rings. The van der Waals surface area contributed by atoms with Crippen molar-refractivity contribution in [2.45, 2.75) is 20.0 Å². The van der Waals surface area contributed by atoms with Crippen LogP contribution in [0.25, 0.3) is 11.4 Å². The standard InChI is InChI=1S/C19H20N4O2S/c1-13(2)25-16-9-6-8-14(11-16)18-21-22-19(26)23(18)20-12-15-7-4-5-10-17(15)24-3/h4-13H,1-3H3,(H,22,26). The third-order valence-corrected chi connectivity index (χ3v) is 3.83. The highest BCUT2D eigenvalue weighted by atomic mass is 32.1. The fraction of sp³-hybridized carbons (Fsp3) is 0.211. The predicted molar refractivity (Wildman–Crippen MR) is 105 cm³/mol. The number of aromatic nitrogens is 3. The van der Waals surface area contributed by atoms with Crippen molar-refractivity contribution in [2.24, 2.45) is 5.10 Å². The summed E-state index contributed by atoms with van der Waals surface area (Å²) in [6.07, 6.45) is 1.79. The molecular formula is C19H20N4O2S. The topological polar surface area (TPSA) is 64.4 Å². The zero-order valence-corrected chi connectivity index (χ0v) is 15.7. The lowest BCUT2D eigenvalue weighted by molar-refractivity contribution is 0.242. The molecule has 0 aliphatic heterocycles. The number of H-pyrrole nitrogens is 1. The summed E-state index contributed by atoms with van der Waals surface area (Å²) in [5, 5.41) is 11.6. The van der Waals surface area contributed by atoms with E-state index in [2.05, 4.69) is 15.3 Å². The molecule has 1 aromatic heterocycles. The smallest absolute Gasteiger partial charge is 0.216 e.